The van der Waals surface area contributed by atoms with Crippen molar-refractivity contribution >= 4 is 0 Å². The Morgan fingerprint density at radius 2 is 1.89 bits per heavy atom. The molecule has 1 atom stereocenters. The van der Waals surface area contributed by atoms with Gasteiger partial charge >= 0.3 is 0 Å². The SMILES string of the molecule is Cc1cccc(OCC(N)c2ccc(O)cc2)c1. The molecule has 0 radical (unpaired) electrons. The molecule has 0 bridgehead atoms. The standard InChI is InChI=1S/C15H17NO2/c1-11-3-2-4-14(9-11)18-10-15(16)12-5-7-13(17)8-6-12/h2-9,15,17H,10,16H2,1H3. The first-order chi connectivity index (χ1) is 8.65. The summed E-state index contributed by atoms with van der Waals surface area (Å²) in [4.78, 5) is 0. The minimum absolute atomic E-state index is 0.203. The van der Waals surface area contributed by atoms with Crippen LogP contribution in [0, 0.1) is 6.92 Å². The molecule has 3 nitrogen and oxygen atoms in total. The van der Waals surface area contributed by atoms with E-state index in [2.05, 4.69) is 0 Å². The summed E-state index contributed by atoms with van der Waals surface area (Å²) in [6.45, 7) is 2.43. The Labute approximate surface area is 107 Å². The van der Waals surface area contributed by atoms with Crippen molar-refractivity contribution in [3.05, 3.63) is 59.7 Å². The lowest BCUT2D eigenvalue weighted by Crippen LogP contribution is -2.18. The van der Waals surface area contributed by atoms with Crippen molar-refractivity contribution in [2.24, 2.45) is 5.73 Å². The number of hydrogen-bond donors (Lipinski definition) is 2. The number of rotatable bonds is 4. The van der Waals surface area contributed by atoms with E-state index in [0.29, 0.717) is 6.61 Å². The quantitative estimate of drug-likeness (QED) is 0.868. The zero-order valence-electron chi connectivity index (χ0n) is 10.3. The fourth-order valence-corrected chi connectivity index (χ4v) is 1.71. The zero-order valence-corrected chi connectivity index (χ0v) is 10.3. The van der Waals surface area contributed by atoms with Crippen LogP contribution in [0.5, 0.6) is 11.5 Å². The summed E-state index contributed by atoms with van der Waals surface area (Å²) in [7, 11) is 0. The summed E-state index contributed by atoms with van der Waals surface area (Å²) in [5.41, 5.74) is 8.13. The molecule has 0 heterocycles. The van der Waals surface area contributed by atoms with Gasteiger partial charge in [0.15, 0.2) is 0 Å². The fraction of sp³-hybridized carbons (Fsp3) is 0.200. The predicted molar refractivity (Wildman–Crippen MR) is 71.7 cm³/mol. The van der Waals surface area contributed by atoms with Gasteiger partial charge in [0.1, 0.15) is 18.1 Å². The van der Waals surface area contributed by atoms with E-state index < -0.39 is 0 Å². The van der Waals surface area contributed by atoms with Crippen LogP contribution in [0.4, 0.5) is 0 Å². The lowest BCUT2D eigenvalue weighted by molar-refractivity contribution is 0.290. The van der Waals surface area contributed by atoms with E-state index in [4.69, 9.17) is 10.5 Å². The van der Waals surface area contributed by atoms with Crippen LogP contribution >= 0.6 is 0 Å². The molecule has 3 heteroatoms. The van der Waals surface area contributed by atoms with Gasteiger partial charge < -0.3 is 15.6 Å². The smallest absolute Gasteiger partial charge is 0.119 e. The van der Waals surface area contributed by atoms with Gasteiger partial charge in [-0.15, -0.1) is 0 Å². The van der Waals surface area contributed by atoms with Gasteiger partial charge in [0.25, 0.3) is 0 Å². The highest BCUT2D eigenvalue weighted by Crippen LogP contribution is 2.18. The maximum atomic E-state index is 9.20. The average Bonchev–Trinajstić information content (AvgIpc) is 2.37. The highest BCUT2D eigenvalue weighted by Gasteiger charge is 2.06. The van der Waals surface area contributed by atoms with E-state index in [0.717, 1.165) is 16.9 Å². The lowest BCUT2D eigenvalue weighted by Gasteiger charge is -2.14. The zero-order chi connectivity index (χ0) is 13.0. The van der Waals surface area contributed by atoms with Gasteiger partial charge in [-0.3, -0.25) is 0 Å². The Morgan fingerprint density at radius 3 is 2.56 bits per heavy atom. The molecule has 0 amide bonds. The van der Waals surface area contributed by atoms with Gasteiger partial charge in [-0.05, 0) is 42.3 Å². The molecule has 0 aliphatic heterocycles. The second-order valence-corrected chi connectivity index (χ2v) is 4.33. The Morgan fingerprint density at radius 1 is 1.17 bits per heavy atom. The molecule has 0 spiro atoms. The van der Waals surface area contributed by atoms with E-state index in [1.807, 2.05) is 31.2 Å². The van der Waals surface area contributed by atoms with Crippen LogP contribution in [0.15, 0.2) is 48.5 Å². The van der Waals surface area contributed by atoms with Gasteiger partial charge in [0.2, 0.25) is 0 Å². The Kier molecular flexibility index (Phi) is 3.85. The highest BCUT2D eigenvalue weighted by atomic mass is 16.5. The molecule has 2 rings (SSSR count). The minimum atomic E-state index is -0.203. The number of ether oxygens (including phenoxy) is 1. The van der Waals surface area contributed by atoms with Crippen LogP contribution in [0.1, 0.15) is 17.2 Å². The number of benzene rings is 2. The molecule has 0 saturated heterocycles. The molecule has 0 saturated carbocycles. The Bertz CT molecular complexity index is 508. The molecular formula is C15H17NO2. The monoisotopic (exact) mass is 243 g/mol. The summed E-state index contributed by atoms with van der Waals surface area (Å²) in [6, 6.07) is 14.5. The fourth-order valence-electron chi connectivity index (χ4n) is 1.71. The molecule has 2 aromatic carbocycles. The van der Waals surface area contributed by atoms with Gasteiger partial charge in [-0.2, -0.15) is 0 Å². The first kappa shape index (κ1) is 12.5. The first-order valence-electron chi connectivity index (χ1n) is 5.89. The van der Waals surface area contributed by atoms with Gasteiger partial charge in [-0.1, -0.05) is 24.3 Å². The van der Waals surface area contributed by atoms with Crippen molar-refractivity contribution in [2.75, 3.05) is 6.61 Å². The lowest BCUT2D eigenvalue weighted by atomic mass is 10.1. The summed E-state index contributed by atoms with van der Waals surface area (Å²) >= 11 is 0. The maximum absolute atomic E-state index is 9.20. The van der Waals surface area contributed by atoms with Crippen molar-refractivity contribution in [1.82, 2.24) is 0 Å². The summed E-state index contributed by atoms with van der Waals surface area (Å²) in [5.74, 6) is 1.06. The second kappa shape index (κ2) is 5.56. The summed E-state index contributed by atoms with van der Waals surface area (Å²) < 4.78 is 5.65. The van der Waals surface area contributed by atoms with E-state index in [9.17, 15) is 5.11 Å². The molecule has 3 N–H and O–H groups in total. The largest absolute Gasteiger partial charge is 0.508 e. The molecule has 0 aliphatic carbocycles. The summed E-state index contributed by atoms with van der Waals surface area (Å²) in [6.07, 6.45) is 0. The Hall–Kier alpha value is -2.00. The van der Waals surface area contributed by atoms with Gasteiger partial charge in [0, 0.05) is 0 Å². The third-order valence-electron chi connectivity index (χ3n) is 2.74. The van der Waals surface area contributed by atoms with Crippen LogP contribution < -0.4 is 10.5 Å². The van der Waals surface area contributed by atoms with Crippen molar-refractivity contribution < 1.29 is 9.84 Å². The molecule has 1 unspecified atom stereocenters. The predicted octanol–water partition coefficient (Wildman–Crippen LogP) is 2.78. The third kappa shape index (κ3) is 3.25. The second-order valence-electron chi connectivity index (χ2n) is 4.33. The Balaban J connectivity index is 1.96. The van der Waals surface area contributed by atoms with Crippen LogP contribution in [0.25, 0.3) is 0 Å². The molecular weight excluding hydrogens is 226 g/mol. The molecule has 18 heavy (non-hydrogen) atoms. The van der Waals surface area contributed by atoms with Gasteiger partial charge in [-0.25, -0.2) is 0 Å². The van der Waals surface area contributed by atoms with Crippen LogP contribution in [-0.2, 0) is 0 Å². The number of hydrogen-bond acceptors (Lipinski definition) is 3. The normalized spacial score (nSPS) is 12.1. The minimum Gasteiger partial charge on any atom is -0.508 e. The number of aromatic hydroxyl groups is 1. The molecule has 0 aromatic heterocycles. The van der Waals surface area contributed by atoms with Crippen LogP contribution in [0.2, 0.25) is 0 Å². The van der Waals surface area contributed by atoms with Crippen molar-refractivity contribution in [2.45, 2.75) is 13.0 Å². The summed E-state index contributed by atoms with van der Waals surface area (Å²) in [5, 5.41) is 9.20. The van der Waals surface area contributed by atoms with Crippen LogP contribution in [0.3, 0.4) is 0 Å². The topological polar surface area (TPSA) is 55.5 Å². The van der Waals surface area contributed by atoms with Crippen LogP contribution in [-0.4, -0.2) is 11.7 Å². The van der Waals surface area contributed by atoms with E-state index in [1.54, 1.807) is 24.3 Å². The van der Waals surface area contributed by atoms with Gasteiger partial charge in [0.05, 0.1) is 6.04 Å². The van der Waals surface area contributed by atoms with Crippen molar-refractivity contribution in [1.29, 1.82) is 0 Å². The molecule has 0 aliphatic rings. The molecule has 94 valence electrons. The third-order valence-corrected chi connectivity index (χ3v) is 2.74. The number of phenolic OH excluding ortho intramolecular Hbond substituents is 1. The average molecular weight is 243 g/mol. The first-order valence-corrected chi connectivity index (χ1v) is 5.89. The number of nitrogens with two attached hydrogens (primary N) is 1. The molecule has 2 aromatic rings. The van der Waals surface area contributed by atoms with E-state index in [-0.39, 0.29) is 11.8 Å². The number of phenols is 1. The number of aryl methyl sites for hydroxylation is 1. The van der Waals surface area contributed by atoms with E-state index >= 15 is 0 Å². The van der Waals surface area contributed by atoms with Crippen molar-refractivity contribution in [3.8, 4) is 11.5 Å². The maximum Gasteiger partial charge on any atom is 0.119 e. The molecule has 0 fully saturated rings. The van der Waals surface area contributed by atoms with Crippen molar-refractivity contribution in [3.63, 3.8) is 0 Å². The van der Waals surface area contributed by atoms with E-state index in [1.165, 1.54) is 0 Å². The highest BCUT2D eigenvalue weighted by molar-refractivity contribution is 5.29.